The number of hydrogen-bond donors (Lipinski definition) is 0. The van der Waals surface area contributed by atoms with Crippen LogP contribution in [0.4, 0.5) is 5.69 Å². The van der Waals surface area contributed by atoms with Gasteiger partial charge in [-0.2, -0.15) is 0 Å². The number of carbonyl (C=O) groups excluding carboxylic acids is 1. The molecule has 4 rings (SSSR count). The smallest absolute Gasteiger partial charge is 0.258 e. The molecular formula is C18H17NO2S. The summed E-state index contributed by atoms with van der Waals surface area (Å²) < 4.78 is 5.28. The van der Waals surface area contributed by atoms with Gasteiger partial charge in [-0.25, -0.2) is 0 Å². The maximum Gasteiger partial charge on any atom is 0.258 e. The van der Waals surface area contributed by atoms with Gasteiger partial charge in [0.15, 0.2) is 6.10 Å². The maximum atomic E-state index is 12.5. The van der Waals surface area contributed by atoms with E-state index in [9.17, 15) is 4.79 Å². The van der Waals surface area contributed by atoms with Gasteiger partial charge in [-0.05, 0) is 24.6 Å². The van der Waals surface area contributed by atoms with Crippen LogP contribution in [0.3, 0.4) is 0 Å². The number of methoxy groups -OCH3 is 1. The summed E-state index contributed by atoms with van der Waals surface area (Å²) in [6.07, 6.45) is -0.369. The summed E-state index contributed by atoms with van der Waals surface area (Å²) in [6, 6.07) is 18.5. The fraction of sp³-hybridized carbons (Fsp3) is 0.278. The highest BCUT2D eigenvalue weighted by atomic mass is 32.2. The van der Waals surface area contributed by atoms with Crippen molar-refractivity contribution < 1.29 is 9.53 Å². The molecule has 22 heavy (non-hydrogen) atoms. The molecule has 4 heteroatoms. The van der Waals surface area contributed by atoms with Gasteiger partial charge in [-0.15, -0.1) is 11.8 Å². The van der Waals surface area contributed by atoms with Crippen molar-refractivity contribution in [1.82, 2.24) is 0 Å². The van der Waals surface area contributed by atoms with E-state index >= 15 is 0 Å². The number of fused-ring (bicyclic) bond motifs is 3. The molecule has 112 valence electrons. The molecule has 0 saturated carbocycles. The quantitative estimate of drug-likeness (QED) is 0.796. The topological polar surface area (TPSA) is 29.5 Å². The average molecular weight is 311 g/mol. The summed E-state index contributed by atoms with van der Waals surface area (Å²) in [5, 5.41) is 0. The minimum atomic E-state index is -0.369. The highest BCUT2D eigenvalue weighted by molar-refractivity contribution is 8.00. The van der Waals surface area contributed by atoms with Crippen LogP contribution in [0.2, 0.25) is 0 Å². The third-order valence-electron chi connectivity index (χ3n) is 4.66. The summed E-state index contributed by atoms with van der Waals surface area (Å²) in [4.78, 5) is 15.6. The van der Waals surface area contributed by atoms with Gasteiger partial charge < -0.3 is 9.64 Å². The second kappa shape index (κ2) is 4.86. The molecule has 3 atom stereocenters. The molecule has 0 spiro atoms. The van der Waals surface area contributed by atoms with E-state index in [4.69, 9.17) is 4.74 Å². The summed E-state index contributed by atoms with van der Waals surface area (Å²) in [5.74, 6) is 0.0578. The monoisotopic (exact) mass is 311 g/mol. The number of β-lactam (4-membered cyclic amide) rings is 1. The number of rotatable bonds is 2. The molecule has 2 aromatic carbocycles. The zero-order valence-electron chi connectivity index (χ0n) is 12.5. The number of nitrogens with zero attached hydrogens (tertiary/aromatic N) is 1. The van der Waals surface area contributed by atoms with Crippen molar-refractivity contribution in [3.63, 3.8) is 0 Å². The summed E-state index contributed by atoms with van der Waals surface area (Å²) in [5.41, 5.74) is 2.23. The van der Waals surface area contributed by atoms with Crippen LogP contribution >= 0.6 is 11.8 Å². The van der Waals surface area contributed by atoms with E-state index in [1.54, 1.807) is 7.11 Å². The van der Waals surface area contributed by atoms with Crippen LogP contribution in [-0.2, 0) is 14.3 Å². The first-order valence-corrected chi connectivity index (χ1v) is 8.18. The Kier molecular flexibility index (Phi) is 3.06. The lowest BCUT2D eigenvalue weighted by Gasteiger charge is -2.57. The average Bonchev–Trinajstić information content (AvgIpc) is 2.55. The van der Waals surface area contributed by atoms with Gasteiger partial charge in [0.2, 0.25) is 0 Å². The molecule has 1 amide bonds. The van der Waals surface area contributed by atoms with Crippen LogP contribution in [0.15, 0.2) is 59.5 Å². The molecule has 1 saturated heterocycles. The Bertz CT molecular complexity index is 733. The van der Waals surface area contributed by atoms with Crippen LogP contribution in [-0.4, -0.2) is 25.2 Å². The predicted octanol–water partition coefficient (Wildman–Crippen LogP) is 3.44. The van der Waals surface area contributed by atoms with Crippen LogP contribution < -0.4 is 4.90 Å². The maximum absolute atomic E-state index is 12.5. The molecule has 0 radical (unpaired) electrons. The van der Waals surface area contributed by atoms with E-state index < -0.39 is 0 Å². The first-order valence-electron chi connectivity index (χ1n) is 7.36. The van der Waals surface area contributed by atoms with Crippen LogP contribution in [0, 0.1) is 0 Å². The molecule has 3 nitrogen and oxygen atoms in total. The Balaban J connectivity index is 1.88. The number of thioether (sulfide) groups is 1. The molecule has 2 aliphatic heterocycles. The van der Waals surface area contributed by atoms with Crippen molar-refractivity contribution in [1.29, 1.82) is 0 Å². The van der Waals surface area contributed by atoms with Gasteiger partial charge in [0.1, 0.15) is 0 Å². The normalized spacial score (nSPS) is 29.5. The Labute approximate surface area is 134 Å². The minimum Gasteiger partial charge on any atom is -0.369 e. The highest BCUT2D eigenvalue weighted by Gasteiger charge is 2.61. The van der Waals surface area contributed by atoms with E-state index in [1.807, 2.05) is 53.1 Å². The van der Waals surface area contributed by atoms with Crippen molar-refractivity contribution in [3.05, 3.63) is 60.2 Å². The number of carbonyl (C=O) groups is 1. The molecular weight excluding hydrogens is 294 g/mol. The molecule has 2 aromatic rings. The standard InChI is InChI=1S/C18H17NO2S/c1-18(12-8-4-3-5-9-12)16-15(21-2)17(20)19(16)13-10-6-7-11-14(13)22-18/h3-11,15-16H,1-2H3/t15-,16+,18+/m0/s1. The van der Waals surface area contributed by atoms with Crippen molar-refractivity contribution in [3.8, 4) is 0 Å². The fourth-order valence-electron chi connectivity index (χ4n) is 3.53. The molecule has 2 heterocycles. The molecule has 1 fully saturated rings. The molecule has 0 aromatic heterocycles. The fourth-order valence-corrected chi connectivity index (χ4v) is 5.00. The van der Waals surface area contributed by atoms with Gasteiger partial charge in [0.05, 0.1) is 16.5 Å². The molecule has 0 bridgehead atoms. The first-order chi connectivity index (χ1) is 10.7. The highest BCUT2D eigenvalue weighted by Crippen LogP contribution is 2.57. The minimum absolute atomic E-state index is 0.0206. The second-order valence-electron chi connectivity index (χ2n) is 5.85. The van der Waals surface area contributed by atoms with Crippen molar-refractivity contribution in [2.45, 2.75) is 28.7 Å². The lowest BCUT2D eigenvalue weighted by Crippen LogP contribution is -2.73. The van der Waals surface area contributed by atoms with E-state index in [1.165, 1.54) is 5.56 Å². The van der Waals surface area contributed by atoms with Crippen molar-refractivity contribution in [2.75, 3.05) is 12.0 Å². The van der Waals surface area contributed by atoms with Gasteiger partial charge in [-0.1, -0.05) is 42.5 Å². The second-order valence-corrected chi connectivity index (χ2v) is 7.34. The van der Waals surface area contributed by atoms with E-state index in [0.29, 0.717) is 0 Å². The molecule has 0 N–H and O–H groups in total. The number of anilines is 1. The third-order valence-corrected chi connectivity index (χ3v) is 6.12. The van der Waals surface area contributed by atoms with Crippen LogP contribution in [0.5, 0.6) is 0 Å². The Hall–Kier alpha value is -1.78. The van der Waals surface area contributed by atoms with Crippen LogP contribution in [0.1, 0.15) is 12.5 Å². The van der Waals surface area contributed by atoms with Crippen molar-refractivity contribution >= 4 is 23.4 Å². The number of hydrogen-bond acceptors (Lipinski definition) is 3. The van der Waals surface area contributed by atoms with Gasteiger partial charge in [-0.3, -0.25) is 4.79 Å². The van der Waals surface area contributed by atoms with Crippen LogP contribution in [0.25, 0.3) is 0 Å². The number of benzene rings is 2. The Morgan fingerprint density at radius 1 is 1.09 bits per heavy atom. The van der Waals surface area contributed by atoms with E-state index in [0.717, 1.165) is 10.6 Å². The molecule has 0 aliphatic carbocycles. The van der Waals surface area contributed by atoms with Gasteiger partial charge in [0.25, 0.3) is 5.91 Å². The SMILES string of the molecule is CO[C@@H]1C(=O)N2c3ccccc3S[C@](C)(c3ccccc3)[C@@H]12. The number of ether oxygens (including phenoxy) is 1. The Morgan fingerprint density at radius 2 is 1.77 bits per heavy atom. The van der Waals surface area contributed by atoms with Crippen molar-refractivity contribution in [2.24, 2.45) is 0 Å². The Morgan fingerprint density at radius 3 is 2.50 bits per heavy atom. The van der Waals surface area contributed by atoms with E-state index in [-0.39, 0.29) is 22.8 Å². The summed E-state index contributed by atoms with van der Waals surface area (Å²) in [6.45, 7) is 2.21. The lowest BCUT2D eigenvalue weighted by atomic mass is 9.80. The number of amides is 1. The van der Waals surface area contributed by atoms with E-state index in [2.05, 4.69) is 25.1 Å². The largest absolute Gasteiger partial charge is 0.369 e. The molecule has 0 unspecified atom stereocenters. The third kappa shape index (κ3) is 1.71. The predicted molar refractivity (Wildman–Crippen MR) is 88.2 cm³/mol. The summed E-state index contributed by atoms with van der Waals surface area (Å²) >= 11 is 1.82. The van der Waals surface area contributed by atoms with Gasteiger partial charge >= 0.3 is 0 Å². The molecule has 2 aliphatic rings. The lowest BCUT2D eigenvalue weighted by molar-refractivity contribution is -0.141. The first kappa shape index (κ1) is 13.9. The zero-order chi connectivity index (χ0) is 15.3. The zero-order valence-corrected chi connectivity index (χ0v) is 13.3. The number of para-hydroxylation sites is 1. The van der Waals surface area contributed by atoms with Gasteiger partial charge in [0, 0.05) is 12.0 Å². The summed E-state index contributed by atoms with van der Waals surface area (Å²) in [7, 11) is 1.62.